The van der Waals surface area contributed by atoms with E-state index in [1.807, 2.05) is 40.7 Å². The zero-order chi connectivity index (χ0) is 14.8. The van der Waals surface area contributed by atoms with Crippen molar-refractivity contribution in [3.05, 3.63) is 30.1 Å². The molecule has 21 heavy (non-hydrogen) atoms. The average Bonchev–Trinajstić information content (AvgIpc) is 2.92. The van der Waals surface area contributed by atoms with Gasteiger partial charge in [-0.1, -0.05) is 12.1 Å². The summed E-state index contributed by atoms with van der Waals surface area (Å²) in [6.45, 7) is 3.68. The minimum atomic E-state index is -0.260. The number of amides is 1. The van der Waals surface area contributed by atoms with Crippen LogP contribution in [0, 0.1) is 0 Å². The number of fused-ring (bicyclic) bond motifs is 1. The van der Waals surface area contributed by atoms with E-state index < -0.39 is 0 Å². The Balaban J connectivity index is 1.96. The quantitative estimate of drug-likeness (QED) is 0.816. The average molecular weight is 306 g/mol. The lowest BCUT2D eigenvalue weighted by Crippen LogP contribution is -2.39. The largest absolute Gasteiger partial charge is 0.341 e. The zero-order valence-electron chi connectivity index (χ0n) is 12.3. The molecule has 1 saturated heterocycles. The van der Waals surface area contributed by atoms with E-state index in [1.54, 1.807) is 0 Å². The second kappa shape index (κ2) is 6.06. The van der Waals surface area contributed by atoms with Gasteiger partial charge in [0.25, 0.3) is 0 Å². The molecule has 4 nitrogen and oxygen atoms in total. The molecule has 1 amide bonds. The topological polar surface area (TPSA) is 38.1 Å². The lowest BCUT2D eigenvalue weighted by molar-refractivity contribution is -0.135. The monoisotopic (exact) mass is 305 g/mol. The van der Waals surface area contributed by atoms with Crippen LogP contribution in [0.15, 0.2) is 24.3 Å². The number of halogens is 1. The molecule has 1 unspecified atom stereocenters. The van der Waals surface area contributed by atoms with Crippen molar-refractivity contribution in [2.24, 2.45) is 0 Å². The highest BCUT2D eigenvalue weighted by Crippen LogP contribution is 2.24. The maximum Gasteiger partial charge on any atom is 0.245 e. The summed E-state index contributed by atoms with van der Waals surface area (Å²) in [7, 11) is 0. The number of carbonyl (C=O) groups excluding carboxylic acids is 1. The Morgan fingerprint density at radius 3 is 2.71 bits per heavy atom. The van der Waals surface area contributed by atoms with Gasteiger partial charge in [0.1, 0.15) is 11.9 Å². The van der Waals surface area contributed by atoms with Crippen molar-refractivity contribution in [2.45, 2.75) is 38.1 Å². The van der Waals surface area contributed by atoms with E-state index in [0.717, 1.165) is 42.8 Å². The van der Waals surface area contributed by atoms with E-state index in [0.29, 0.717) is 5.88 Å². The van der Waals surface area contributed by atoms with Gasteiger partial charge in [-0.2, -0.15) is 0 Å². The van der Waals surface area contributed by atoms with E-state index in [-0.39, 0.29) is 11.9 Å². The Morgan fingerprint density at radius 1 is 1.29 bits per heavy atom. The molecule has 3 rings (SSSR count). The first-order chi connectivity index (χ1) is 10.2. The van der Waals surface area contributed by atoms with Crippen molar-refractivity contribution in [1.29, 1.82) is 0 Å². The number of para-hydroxylation sites is 2. The Bertz CT molecular complexity index is 646. The van der Waals surface area contributed by atoms with Gasteiger partial charge in [-0.05, 0) is 38.3 Å². The number of imidazole rings is 1. The number of alkyl halides is 1. The number of benzene rings is 1. The molecule has 1 atom stereocenters. The van der Waals surface area contributed by atoms with Crippen LogP contribution in [0.5, 0.6) is 0 Å². The third-order valence-electron chi connectivity index (χ3n) is 4.20. The maximum absolute atomic E-state index is 12.7. The molecule has 112 valence electrons. The first-order valence-corrected chi connectivity index (χ1v) is 8.06. The summed E-state index contributed by atoms with van der Waals surface area (Å²) in [6, 6.07) is 7.62. The Labute approximate surface area is 129 Å². The standard InChI is InChI=1S/C16H20ClN3O/c1-12(16(21)19-9-5-2-6-10-19)20-14-8-4-3-7-13(14)18-15(20)11-17/h3-4,7-8,12H,2,5-6,9-11H2,1H3. The fourth-order valence-electron chi connectivity index (χ4n) is 3.11. The summed E-state index contributed by atoms with van der Waals surface area (Å²) in [5.41, 5.74) is 1.87. The van der Waals surface area contributed by atoms with Gasteiger partial charge in [-0.15, -0.1) is 11.6 Å². The fourth-order valence-corrected chi connectivity index (χ4v) is 3.30. The molecule has 1 fully saturated rings. The maximum atomic E-state index is 12.7. The van der Waals surface area contributed by atoms with E-state index in [1.165, 1.54) is 6.42 Å². The van der Waals surface area contributed by atoms with Gasteiger partial charge in [0.2, 0.25) is 5.91 Å². The molecular formula is C16H20ClN3O. The molecule has 2 heterocycles. The molecule has 0 saturated carbocycles. The number of hydrogen-bond acceptors (Lipinski definition) is 2. The lowest BCUT2D eigenvalue weighted by atomic mass is 10.1. The summed E-state index contributed by atoms with van der Waals surface area (Å²) in [4.78, 5) is 19.3. The summed E-state index contributed by atoms with van der Waals surface area (Å²) < 4.78 is 1.99. The Hall–Kier alpha value is -1.55. The van der Waals surface area contributed by atoms with Gasteiger partial charge in [0.15, 0.2) is 0 Å². The minimum absolute atomic E-state index is 0.171. The van der Waals surface area contributed by atoms with Crippen molar-refractivity contribution in [3.63, 3.8) is 0 Å². The summed E-state index contributed by atoms with van der Waals surface area (Å²) in [5, 5.41) is 0. The van der Waals surface area contributed by atoms with E-state index in [2.05, 4.69) is 4.98 Å². The number of nitrogens with zero attached hydrogens (tertiary/aromatic N) is 3. The van der Waals surface area contributed by atoms with Gasteiger partial charge in [-0.3, -0.25) is 4.79 Å². The van der Waals surface area contributed by atoms with Crippen LogP contribution in [0.25, 0.3) is 11.0 Å². The smallest absolute Gasteiger partial charge is 0.245 e. The number of aromatic nitrogens is 2. The number of rotatable bonds is 3. The highest BCUT2D eigenvalue weighted by Gasteiger charge is 2.26. The van der Waals surface area contributed by atoms with Gasteiger partial charge in [0, 0.05) is 13.1 Å². The van der Waals surface area contributed by atoms with Crippen LogP contribution in [0.3, 0.4) is 0 Å². The zero-order valence-corrected chi connectivity index (χ0v) is 13.0. The molecule has 1 aliphatic rings. The molecule has 5 heteroatoms. The Morgan fingerprint density at radius 2 is 2.00 bits per heavy atom. The molecule has 1 aliphatic heterocycles. The van der Waals surface area contributed by atoms with Crippen molar-refractivity contribution in [2.75, 3.05) is 13.1 Å². The van der Waals surface area contributed by atoms with Gasteiger partial charge in [0.05, 0.1) is 16.9 Å². The van der Waals surface area contributed by atoms with Crippen LogP contribution >= 0.6 is 11.6 Å². The van der Waals surface area contributed by atoms with Crippen LogP contribution < -0.4 is 0 Å². The van der Waals surface area contributed by atoms with E-state index >= 15 is 0 Å². The SMILES string of the molecule is CC(C(=O)N1CCCCC1)n1c(CCl)nc2ccccc21. The highest BCUT2D eigenvalue weighted by atomic mass is 35.5. The summed E-state index contributed by atoms with van der Waals surface area (Å²) in [5.74, 6) is 1.24. The van der Waals surface area contributed by atoms with Crippen molar-refractivity contribution in [1.82, 2.24) is 14.5 Å². The van der Waals surface area contributed by atoms with Crippen molar-refractivity contribution >= 4 is 28.5 Å². The number of piperidine rings is 1. The van der Waals surface area contributed by atoms with E-state index in [4.69, 9.17) is 11.6 Å². The van der Waals surface area contributed by atoms with Gasteiger partial charge < -0.3 is 9.47 Å². The predicted molar refractivity (Wildman–Crippen MR) is 84.4 cm³/mol. The number of carbonyl (C=O) groups is 1. The van der Waals surface area contributed by atoms with Crippen LogP contribution in [0.4, 0.5) is 0 Å². The normalized spacial score (nSPS) is 17.1. The predicted octanol–water partition coefficient (Wildman–Crippen LogP) is 3.35. The summed E-state index contributed by atoms with van der Waals surface area (Å²) >= 11 is 6.03. The number of hydrogen-bond donors (Lipinski definition) is 0. The van der Waals surface area contributed by atoms with Gasteiger partial charge >= 0.3 is 0 Å². The lowest BCUT2D eigenvalue weighted by Gasteiger charge is -2.30. The first kappa shape index (κ1) is 14.4. The summed E-state index contributed by atoms with van der Waals surface area (Å²) in [6.07, 6.45) is 3.43. The molecule has 2 aromatic rings. The molecule has 0 N–H and O–H groups in total. The molecule has 0 aliphatic carbocycles. The first-order valence-electron chi connectivity index (χ1n) is 7.53. The van der Waals surface area contributed by atoms with Crippen molar-refractivity contribution < 1.29 is 4.79 Å². The third-order valence-corrected chi connectivity index (χ3v) is 4.44. The number of likely N-dealkylation sites (tertiary alicyclic amines) is 1. The van der Waals surface area contributed by atoms with Crippen molar-refractivity contribution in [3.8, 4) is 0 Å². The second-order valence-electron chi connectivity index (χ2n) is 5.58. The molecular weight excluding hydrogens is 286 g/mol. The van der Waals surface area contributed by atoms with Crippen LogP contribution in [-0.2, 0) is 10.7 Å². The highest BCUT2D eigenvalue weighted by molar-refractivity contribution is 6.16. The molecule has 0 radical (unpaired) electrons. The third kappa shape index (κ3) is 2.64. The van der Waals surface area contributed by atoms with Crippen LogP contribution in [0.1, 0.15) is 38.1 Å². The molecule has 0 bridgehead atoms. The molecule has 0 spiro atoms. The molecule has 1 aromatic carbocycles. The van der Waals surface area contributed by atoms with Gasteiger partial charge in [-0.25, -0.2) is 4.98 Å². The van der Waals surface area contributed by atoms with E-state index in [9.17, 15) is 4.79 Å². The fraction of sp³-hybridized carbons (Fsp3) is 0.500. The van der Waals surface area contributed by atoms with Crippen LogP contribution in [0.2, 0.25) is 0 Å². The minimum Gasteiger partial charge on any atom is -0.341 e. The second-order valence-corrected chi connectivity index (χ2v) is 5.85. The van der Waals surface area contributed by atoms with Crippen LogP contribution in [-0.4, -0.2) is 33.4 Å². The Kier molecular flexibility index (Phi) is 4.15. The molecule has 1 aromatic heterocycles.